The van der Waals surface area contributed by atoms with E-state index in [1.165, 1.54) is 6.92 Å². The third-order valence-corrected chi connectivity index (χ3v) is 0.357. The van der Waals surface area contributed by atoms with Crippen molar-refractivity contribution < 1.29 is 19.7 Å². The summed E-state index contributed by atoms with van der Waals surface area (Å²) in [4.78, 5) is 9.45. The molecule has 0 saturated carbocycles. The normalized spacial score (nSPS) is 9.11. The fraction of sp³-hybridized carbons (Fsp3) is 0.667. The molecule has 0 bridgehead atoms. The van der Waals surface area contributed by atoms with E-state index in [4.69, 9.17) is 10.2 Å². The quantitative estimate of drug-likeness (QED) is 0.456. The standard InChI is InChI=1S/C3H6O3.Ca.FH.Na.3H/c1-2(4)3(5)6;;;;;;/h2,4H,1H3,(H,5,6);;1H;;;;. The van der Waals surface area contributed by atoms with Crippen molar-refractivity contribution in [1.82, 2.24) is 0 Å². The van der Waals surface area contributed by atoms with Gasteiger partial charge in [0.1, 0.15) is 6.10 Å². The van der Waals surface area contributed by atoms with Crippen LogP contribution >= 0.6 is 0 Å². The van der Waals surface area contributed by atoms with Crippen LogP contribution in [0.15, 0.2) is 0 Å². The van der Waals surface area contributed by atoms with Crippen LogP contribution in [0, 0.1) is 0 Å². The van der Waals surface area contributed by atoms with Crippen molar-refractivity contribution in [3.05, 3.63) is 0 Å². The maximum atomic E-state index is 9.45. The number of carboxylic acids is 1. The van der Waals surface area contributed by atoms with Crippen molar-refractivity contribution in [2.45, 2.75) is 13.0 Å². The van der Waals surface area contributed by atoms with Gasteiger partial charge in [0.25, 0.3) is 0 Å². The molecule has 0 fully saturated rings. The van der Waals surface area contributed by atoms with Gasteiger partial charge in [0.2, 0.25) is 0 Å². The molecule has 0 aliphatic heterocycles. The fourth-order valence-electron chi connectivity index (χ4n) is 0. The van der Waals surface area contributed by atoms with Crippen LogP contribution in [0.1, 0.15) is 6.92 Å². The van der Waals surface area contributed by atoms with Gasteiger partial charge in [-0.3, -0.25) is 4.70 Å². The predicted molar refractivity (Wildman–Crippen MR) is 37.5 cm³/mol. The molecule has 0 aliphatic rings. The van der Waals surface area contributed by atoms with Gasteiger partial charge in [-0.2, -0.15) is 0 Å². The fourth-order valence-corrected chi connectivity index (χ4v) is 0. The van der Waals surface area contributed by atoms with Gasteiger partial charge in [-0.15, -0.1) is 0 Å². The molecule has 0 saturated heterocycles. The summed E-state index contributed by atoms with van der Waals surface area (Å²) in [6.07, 6.45) is -1.23. The van der Waals surface area contributed by atoms with Crippen LogP contribution in [0.4, 0.5) is 4.70 Å². The average molecular weight is 176 g/mol. The minimum atomic E-state index is -1.23. The third-order valence-electron chi connectivity index (χ3n) is 0.357. The SMILES string of the molecule is CC(O)C(=O)O.F.[CaH2].[NaH]. The molecular weight excluding hydrogens is 166 g/mol. The summed E-state index contributed by atoms with van der Waals surface area (Å²) in [5.74, 6) is -1.19. The molecule has 1 unspecified atom stereocenters. The zero-order chi connectivity index (χ0) is 5.15. The van der Waals surface area contributed by atoms with Gasteiger partial charge in [-0.1, -0.05) is 0 Å². The molecule has 0 aromatic carbocycles. The van der Waals surface area contributed by atoms with E-state index >= 15 is 0 Å². The zero-order valence-corrected chi connectivity index (χ0v) is 3.79. The van der Waals surface area contributed by atoms with Crippen LogP contribution in [-0.4, -0.2) is 89.6 Å². The molecule has 0 radical (unpaired) electrons. The number of aliphatic hydroxyl groups excluding tert-OH is 1. The van der Waals surface area contributed by atoms with E-state index in [1.807, 2.05) is 0 Å². The van der Waals surface area contributed by atoms with Crippen molar-refractivity contribution in [2.24, 2.45) is 0 Å². The molecule has 0 amide bonds. The topological polar surface area (TPSA) is 57.5 Å². The predicted octanol–water partition coefficient (Wildman–Crippen LogP) is -1.96. The van der Waals surface area contributed by atoms with Crippen LogP contribution < -0.4 is 0 Å². The first-order valence-corrected chi connectivity index (χ1v) is 1.55. The molecule has 50 valence electrons. The number of aliphatic hydroxyl groups is 1. The Kier molecular flexibility index (Phi) is 30.7. The monoisotopic (exact) mass is 176 g/mol. The van der Waals surface area contributed by atoms with Crippen LogP contribution in [0.2, 0.25) is 0 Å². The summed E-state index contributed by atoms with van der Waals surface area (Å²) in [5, 5.41) is 15.8. The van der Waals surface area contributed by atoms with E-state index in [0.717, 1.165) is 0 Å². The Balaban J connectivity index is -0.0000000417. The Hall–Kier alpha value is 1.62. The van der Waals surface area contributed by atoms with E-state index in [9.17, 15) is 4.79 Å². The minimum absolute atomic E-state index is 0. The summed E-state index contributed by atoms with van der Waals surface area (Å²) in [6, 6.07) is 0. The number of halogens is 1. The van der Waals surface area contributed by atoms with E-state index in [0.29, 0.717) is 0 Å². The van der Waals surface area contributed by atoms with Gasteiger partial charge in [-0.25, -0.2) is 4.79 Å². The molecular formula is C3H10CaFNaO3. The van der Waals surface area contributed by atoms with Crippen molar-refractivity contribution in [2.75, 3.05) is 0 Å². The Labute approximate surface area is 104 Å². The number of carbonyl (C=O) groups is 1. The molecule has 0 aromatic rings. The van der Waals surface area contributed by atoms with Gasteiger partial charge >= 0.3 is 73.3 Å². The van der Waals surface area contributed by atoms with E-state index in [1.54, 1.807) is 0 Å². The van der Waals surface area contributed by atoms with Gasteiger partial charge in [0, 0.05) is 0 Å². The second-order valence-electron chi connectivity index (χ2n) is 1.01. The number of hydrogen-bond acceptors (Lipinski definition) is 2. The van der Waals surface area contributed by atoms with Crippen molar-refractivity contribution in [1.29, 1.82) is 0 Å². The Bertz CT molecular complexity index is 70.1. The van der Waals surface area contributed by atoms with Crippen LogP contribution in [-0.2, 0) is 4.79 Å². The molecule has 0 aromatic heterocycles. The van der Waals surface area contributed by atoms with Crippen molar-refractivity contribution in [3.8, 4) is 0 Å². The van der Waals surface area contributed by atoms with Gasteiger partial charge in [0.15, 0.2) is 0 Å². The number of hydrogen-bond donors (Lipinski definition) is 2. The van der Waals surface area contributed by atoms with Crippen LogP contribution in [0.25, 0.3) is 0 Å². The number of aliphatic carboxylic acids is 1. The Morgan fingerprint density at radius 3 is 1.67 bits per heavy atom. The van der Waals surface area contributed by atoms with E-state index in [2.05, 4.69) is 0 Å². The summed E-state index contributed by atoms with van der Waals surface area (Å²) < 4.78 is 0. The molecule has 0 rings (SSSR count). The second-order valence-corrected chi connectivity index (χ2v) is 1.01. The molecule has 2 N–H and O–H groups in total. The average Bonchev–Trinajstić information content (AvgIpc) is 1.36. The van der Waals surface area contributed by atoms with E-state index < -0.39 is 12.1 Å². The molecule has 3 nitrogen and oxygen atoms in total. The molecule has 1 atom stereocenters. The second kappa shape index (κ2) is 12.3. The first-order valence-electron chi connectivity index (χ1n) is 1.55. The van der Waals surface area contributed by atoms with Gasteiger partial charge in [-0.05, 0) is 6.92 Å². The maximum absolute atomic E-state index is 9.45. The molecule has 0 heterocycles. The molecule has 0 spiro atoms. The first-order chi connectivity index (χ1) is 2.64. The van der Waals surface area contributed by atoms with E-state index in [-0.39, 0.29) is 72.0 Å². The summed E-state index contributed by atoms with van der Waals surface area (Å²) in [5.41, 5.74) is 0. The summed E-state index contributed by atoms with van der Waals surface area (Å²) >= 11 is 0. The van der Waals surface area contributed by atoms with Crippen LogP contribution in [0.5, 0.6) is 0 Å². The van der Waals surface area contributed by atoms with Crippen LogP contribution in [0.3, 0.4) is 0 Å². The number of carboxylic acid groups (broad SMARTS) is 1. The zero-order valence-electron chi connectivity index (χ0n) is 3.79. The van der Waals surface area contributed by atoms with Crippen molar-refractivity contribution >= 4 is 73.3 Å². The van der Waals surface area contributed by atoms with Gasteiger partial charge < -0.3 is 10.2 Å². The molecule has 6 heteroatoms. The number of rotatable bonds is 1. The summed E-state index contributed by atoms with van der Waals surface area (Å²) in [6.45, 7) is 1.20. The first kappa shape index (κ1) is 22.4. The van der Waals surface area contributed by atoms with Gasteiger partial charge in [0.05, 0.1) is 0 Å². The molecule has 9 heavy (non-hydrogen) atoms. The molecule has 0 aliphatic carbocycles. The Morgan fingerprint density at radius 2 is 1.67 bits per heavy atom. The summed E-state index contributed by atoms with van der Waals surface area (Å²) in [7, 11) is 0. The Morgan fingerprint density at radius 1 is 1.56 bits per heavy atom. The van der Waals surface area contributed by atoms with Crippen molar-refractivity contribution in [3.63, 3.8) is 0 Å². The third kappa shape index (κ3) is 17.7.